The number of benzene rings is 2. The van der Waals surface area contributed by atoms with Crippen LogP contribution >= 0.6 is 0 Å². The molecule has 1 fully saturated rings. The fraction of sp³-hybridized carbons (Fsp3) is 0.286. The molecule has 0 N–H and O–H groups in total. The molecule has 7 nitrogen and oxygen atoms in total. The highest BCUT2D eigenvalue weighted by molar-refractivity contribution is 5.96. The number of anilines is 1. The Morgan fingerprint density at radius 2 is 1.96 bits per heavy atom. The number of methoxy groups -OCH3 is 1. The van der Waals surface area contributed by atoms with Gasteiger partial charge >= 0.3 is 0 Å². The minimum absolute atomic E-state index is 0.0396. The maximum atomic E-state index is 12.5. The van der Waals surface area contributed by atoms with E-state index in [0.717, 1.165) is 17.0 Å². The first kappa shape index (κ1) is 18.0. The van der Waals surface area contributed by atoms with Gasteiger partial charge in [-0.2, -0.15) is 4.98 Å². The van der Waals surface area contributed by atoms with Crippen molar-refractivity contribution in [2.75, 3.05) is 25.2 Å². The summed E-state index contributed by atoms with van der Waals surface area (Å²) >= 11 is 0. The van der Waals surface area contributed by atoms with Gasteiger partial charge in [-0.3, -0.25) is 4.79 Å². The van der Waals surface area contributed by atoms with Gasteiger partial charge in [-0.15, -0.1) is 0 Å². The quantitative estimate of drug-likeness (QED) is 0.650. The van der Waals surface area contributed by atoms with Gasteiger partial charge in [0.1, 0.15) is 11.5 Å². The van der Waals surface area contributed by atoms with Crippen LogP contribution < -0.4 is 14.4 Å². The summed E-state index contributed by atoms with van der Waals surface area (Å²) in [6, 6.07) is 15.0. The zero-order valence-electron chi connectivity index (χ0n) is 15.8. The van der Waals surface area contributed by atoms with Gasteiger partial charge in [0.05, 0.1) is 19.3 Å². The standard InChI is InChI=1S/C21H21N3O4/c1-3-27-16-10-8-15(9-11-16)24-13-14(12-19(24)25)20-22-21(28-23-20)17-6-4-5-7-18(17)26-2/h4-11,14H,3,12-13H2,1-2H3. The van der Waals surface area contributed by atoms with Crippen LogP contribution in [0.2, 0.25) is 0 Å². The van der Waals surface area contributed by atoms with Gasteiger partial charge in [-0.25, -0.2) is 0 Å². The Bertz CT molecular complexity index is 968. The van der Waals surface area contributed by atoms with Crippen molar-refractivity contribution in [3.05, 3.63) is 54.4 Å². The van der Waals surface area contributed by atoms with Gasteiger partial charge in [0.2, 0.25) is 5.91 Å². The van der Waals surface area contributed by atoms with Gasteiger partial charge in [-0.1, -0.05) is 17.3 Å². The van der Waals surface area contributed by atoms with Crippen LogP contribution in [0.5, 0.6) is 11.5 Å². The number of rotatable bonds is 6. The predicted octanol–water partition coefficient (Wildman–Crippen LogP) is 3.66. The van der Waals surface area contributed by atoms with Crippen molar-refractivity contribution >= 4 is 11.6 Å². The molecule has 1 aliphatic heterocycles. The van der Waals surface area contributed by atoms with Gasteiger partial charge in [-0.05, 0) is 43.3 Å². The van der Waals surface area contributed by atoms with Crippen molar-refractivity contribution in [1.29, 1.82) is 0 Å². The van der Waals surface area contributed by atoms with Crippen molar-refractivity contribution in [2.24, 2.45) is 0 Å². The van der Waals surface area contributed by atoms with E-state index in [1.807, 2.05) is 55.5 Å². The number of carbonyl (C=O) groups excluding carboxylic acids is 1. The van der Waals surface area contributed by atoms with Gasteiger partial charge < -0.3 is 18.9 Å². The Morgan fingerprint density at radius 1 is 1.18 bits per heavy atom. The van der Waals surface area contributed by atoms with Crippen molar-refractivity contribution in [3.63, 3.8) is 0 Å². The van der Waals surface area contributed by atoms with E-state index in [9.17, 15) is 4.79 Å². The third-order valence-electron chi connectivity index (χ3n) is 4.73. The number of para-hydroxylation sites is 1. The second-order valence-corrected chi connectivity index (χ2v) is 6.49. The van der Waals surface area contributed by atoms with Crippen molar-refractivity contribution < 1.29 is 18.8 Å². The first-order valence-electron chi connectivity index (χ1n) is 9.19. The lowest BCUT2D eigenvalue weighted by Gasteiger charge is -2.16. The molecule has 1 amide bonds. The number of aromatic nitrogens is 2. The first-order valence-corrected chi connectivity index (χ1v) is 9.19. The second kappa shape index (κ2) is 7.72. The van der Waals surface area contributed by atoms with E-state index in [1.165, 1.54) is 0 Å². The Balaban J connectivity index is 1.52. The highest BCUT2D eigenvalue weighted by Gasteiger charge is 2.34. The van der Waals surface area contributed by atoms with Crippen LogP contribution in [0.1, 0.15) is 25.1 Å². The Labute approximate surface area is 162 Å². The third-order valence-corrected chi connectivity index (χ3v) is 4.73. The van der Waals surface area contributed by atoms with Crippen LogP contribution in [-0.4, -0.2) is 36.3 Å². The zero-order valence-corrected chi connectivity index (χ0v) is 15.8. The van der Waals surface area contributed by atoms with E-state index in [4.69, 9.17) is 14.0 Å². The van der Waals surface area contributed by atoms with Gasteiger partial charge in [0.25, 0.3) is 5.89 Å². The zero-order chi connectivity index (χ0) is 19.5. The molecule has 0 radical (unpaired) electrons. The smallest absolute Gasteiger partial charge is 0.261 e. The molecule has 1 aliphatic rings. The summed E-state index contributed by atoms with van der Waals surface area (Å²) in [4.78, 5) is 18.8. The summed E-state index contributed by atoms with van der Waals surface area (Å²) in [5.41, 5.74) is 1.57. The topological polar surface area (TPSA) is 77.7 Å². The largest absolute Gasteiger partial charge is 0.496 e. The second-order valence-electron chi connectivity index (χ2n) is 6.49. The van der Waals surface area contributed by atoms with Gasteiger partial charge in [0, 0.05) is 24.6 Å². The molecule has 7 heteroatoms. The Hall–Kier alpha value is -3.35. The average molecular weight is 379 g/mol. The number of hydrogen-bond acceptors (Lipinski definition) is 6. The first-order chi connectivity index (χ1) is 13.7. The maximum absolute atomic E-state index is 12.5. The Morgan fingerprint density at radius 3 is 2.71 bits per heavy atom. The lowest BCUT2D eigenvalue weighted by atomic mass is 10.1. The van der Waals surface area contributed by atoms with Crippen LogP contribution in [0.25, 0.3) is 11.5 Å². The normalized spacial score (nSPS) is 16.4. The molecular weight excluding hydrogens is 358 g/mol. The molecule has 1 atom stereocenters. The molecule has 2 aromatic carbocycles. The lowest BCUT2D eigenvalue weighted by molar-refractivity contribution is -0.117. The molecule has 3 aromatic rings. The molecule has 144 valence electrons. The fourth-order valence-electron chi connectivity index (χ4n) is 3.35. The minimum Gasteiger partial charge on any atom is -0.496 e. The van der Waals surface area contributed by atoms with Crippen LogP contribution in [0.3, 0.4) is 0 Å². The van der Waals surface area contributed by atoms with E-state index in [-0.39, 0.29) is 11.8 Å². The van der Waals surface area contributed by atoms with E-state index in [1.54, 1.807) is 12.0 Å². The van der Waals surface area contributed by atoms with Crippen molar-refractivity contribution in [2.45, 2.75) is 19.3 Å². The summed E-state index contributed by atoms with van der Waals surface area (Å²) in [5.74, 6) is 2.29. The van der Waals surface area contributed by atoms with Crippen LogP contribution in [0, 0.1) is 0 Å². The molecule has 0 aliphatic carbocycles. The molecule has 1 saturated heterocycles. The Kier molecular flexibility index (Phi) is 4.97. The number of nitrogens with zero attached hydrogens (tertiary/aromatic N) is 3. The van der Waals surface area contributed by atoms with E-state index in [2.05, 4.69) is 10.1 Å². The molecule has 28 heavy (non-hydrogen) atoms. The predicted molar refractivity (Wildman–Crippen MR) is 104 cm³/mol. The molecule has 0 bridgehead atoms. The SMILES string of the molecule is CCOc1ccc(N2CC(c3noc(-c4ccccc4OC)n3)CC2=O)cc1. The van der Waals surface area contributed by atoms with Crippen LogP contribution in [-0.2, 0) is 4.79 Å². The average Bonchev–Trinajstić information content (AvgIpc) is 3.36. The minimum atomic E-state index is -0.119. The summed E-state index contributed by atoms with van der Waals surface area (Å²) in [6.45, 7) is 3.06. The van der Waals surface area contributed by atoms with Crippen molar-refractivity contribution in [1.82, 2.24) is 10.1 Å². The molecule has 0 spiro atoms. The van der Waals surface area contributed by atoms with Crippen molar-refractivity contribution in [3.8, 4) is 23.0 Å². The number of hydrogen-bond donors (Lipinski definition) is 0. The number of amides is 1. The molecule has 0 saturated carbocycles. The van der Waals surface area contributed by atoms with Gasteiger partial charge in [0.15, 0.2) is 5.82 Å². The van der Waals surface area contributed by atoms with E-state index < -0.39 is 0 Å². The highest BCUT2D eigenvalue weighted by Crippen LogP contribution is 2.34. The molecule has 1 unspecified atom stereocenters. The lowest BCUT2D eigenvalue weighted by Crippen LogP contribution is -2.24. The molecule has 2 heterocycles. The summed E-state index contributed by atoms with van der Waals surface area (Å²) in [7, 11) is 1.60. The summed E-state index contributed by atoms with van der Waals surface area (Å²) in [6.07, 6.45) is 0.345. The van der Waals surface area contributed by atoms with Crippen LogP contribution in [0.4, 0.5) is 5.69 Å². The van der Waals surface area contributed by atoms with E-state index >= 15 is 0 Å². The van der Waals surface area contributed by atoms with Crippen LogP contribution in [0.15, 0.2) is 53.1 Å². The number of carbonyl (C=O) groups is 1. The molecular formula is C21H21N3O4. The number of ether oxygens (including phenoxy) is 2. The highest BCUT2D eigenvalue weighted by atomic mass is 16.5. The summed E-state index contributed by atoms with van der Waals surface area (Å²) in [5, 5.41) is 4.11. The third kappa shape index (κ3) is 3.43. The molecule has 4 rings (SSSR count). The monoisotopic (exact) mass is 379 g/mol. The summed E-state index contributed by atoms with van der Waals surface area (Å²) < 4.78 is 16.2. The van der Waals surface area contributed by atoms with E-state index in [0.29, 0.717) is 37.0 Å². The fourth-order valence-corrected chi connectivity index (χ4v) is 3.35. The maximum Gasteiger partial charge on any atom is 0.261 e. The molecule has 1 aromatic heterocycles.